The number of aromatic nitrogens is 1. The van der Waals surface area contributed by atoms with Crippen molar-refractivity contribution in [3.8, 4) is 38.1 Å². The average Bonchev–Trinajstić information content (AvgIpc) is 4.07. The van der Waals surface area contributed by atoms with Crippen LogP contribution in [-0.4, -0.2) is 118 Å². The van der Waals surface area contributed by atoms with Gasteiger partial charge in [-0.2, -0.15) is 0 Å². The Morgan fingerprint density at radius 2 is 1.56 bits per heavy atom. The molecular weight excluding hydrogens is 927 g/mol. The first-order valence-corrected chi connectivity index (χ1v) is 25.5. The van der Waals surface area contributed by atoms with Gasteiger partial charge in [0.2, 0.25) is 17.7 Å². The number of piperidine rings is 1. The van der Waals surface area contributed by atoms with E-state index in [1.807, 2.05) is 69.6 Å². The fourth-order valence-electron chi connectivity index (χ4n) is 9.16. The highest BCUT2D eigenvalue weighted by Gasteiger charge is 2.44. The maximum atomic E-state index is 14.0. The molecule has 8 rings (SSSR count). The highest BCUT2D eigenvalue weighted by atomic mass is 32.1. The lowest BCUT2D eigenvalue weighted by Crippen LogP contribution is -2.58. The van der Waals surface area contributed by atoms with E-state index in [0.29, 0.717) is 36.0 Å². The molecule has 6 aromatic rings. The molecule has 4 aromatic carbocycles. The fourth-order valence-corrected chi connectivity index (χ4v) is 11.2. The molecule has 0 saturated carbocycles. The summed E-state index contributed by atoms with van der Waals surface area (Å²) in [5.74, 6) is 0.0504. The van der Waals surface area contributed by atoms with Crippen LogP contribution in [0.4, 0.5) is 0 Å². The zero-order valence-corrected chi connectivity index (χ0v) is 41.6. The summed E-state index contributed by atoms with van der Waals surface area (Å²) in [7, 11) is 0. The Morgan fingerprint density at radius 1 is 0.871 bits per heavy atom. The van der Waals surface area contributed by atoms with Gasteiger partial charge in [-0.15, -0.1) is 22.7 Å². The molecule has 0 bridgehead atoms. The minimum Gasteiger partial charge on any atom is -0.508 e. The number of β-amino-alcohol motifs (C(OH)–C–C–N with tert-alkyl or cyclic N) is 1. The lowest BCUT2D eigenvalue weighted by molar-refractivity contribution is -0.144. The van der Waals surface area contributed by atoms with Gasteiger partial charge in [-0.3, -0.25) is 24.1 Å². The summed E-state index contributed by atoms with van der Waals surface area (Å²) in [5.41, 5.74) is 5.92. The van der Waals surface area contributed by atoms with Gasteiger partial charge in [-0.25, -0.2) is 4.98 Å². The number of phenolic OH excluding ortho intramolecular Hbond substituents is 2. The number of aliphatic hydroxyl groups is 1. The summed E-state index contributed by atoms with van der Waals surface area (Å²) < 4.78 is 12.7. The monoisotopic (exact) mass is 987 g/mol. The van der Waals surface area contributed by atoms with E-state index in [2.05, 4.69) is 20.5 Å². The molecule has 4 heterocycles. The van der Waals surface area contributed by atoms with Gasteiger partial charge < -0.3 is 40.3 Å². The number of thiophene rings is 1. The van der Waals surface area contributed by atoms with Crippen LogP contribution in [-0.2, 0) is 25.7 Å². The van der Waals surface area contributed by atoms with E-state index in [4.69, 9.17) is 9.47 Å². The largest absolute Gasteiger partial charge is 0.508 e. The molecule has 0 aliphatic carbocycles. The molecular formula is C54H61N5O9S2. The van der Waals surface area contributed by atoms with Crippen molar-refractivity contribution in [2.45, 2.75) is 78.1 Å². The third-order valence-corrected chi connectivity index (χ3v) is 15.3. The highest BCUT2D eigenvalue weighted by Crippen LogP contribution is 2.42. The van der Waals surface area contributed by atoms with Crippen LogP contribution in [0, 0.1) is 18.3 Å². The number of rotatable bonds is 18. The van der Waals surface area contributed by atoms with E-state index in [1.165, 1.54) is 16.2 Å². The zero-order chi connectivity index (χ0) is 49.5. The van der Waals surface area contributed by atoms with E-state index < -0.39 is 35.4 Å². The van der Waals surface area contributed by atoms with E-state index in [1.54, 1.807) is 65.9 Å². The molecule has 5 N–H and O–H groups in total. The normalized spacial score (nSPS) is 17.1. The van der Waals surface area contributed by atoms with Crippen LogP contribution in [0.5, 0.6) is 17.2 Å². The van der Waals surface area contributed by atoms with Gasteiger partial charge in [0.05, 0.1) is 22.2 Å². The van der Waals surface area contributed by atoms with E-state index in [9.17, 15) is 34.5 Å². The number of aromatic hydroxyl groups is 2. The van der Waals surface area contributed by atoms with Crippen LogP contribution in [0.15, 0.2) is 96.5 Å². The summed E-state index contributed by atoms with van der Waals surface area (Å²) in [5, 5.41) is 37.1. The Morgan fingerprint density at radius 3 is 2.24 bits per heavy atom. The number of ketones is 1. The van der Waals surface area contributed by atoms with E-state index >= 15 is 0 Å². The van der Waals surface area contributed by atoms with Crippen molar-refractivity contribution in [2.75, 3.05) is 46.0 Å². The smallest absolute Gasteiger partial charge is 0.246 e. The van der Waals surface area contributed by atoms with Gasteiger partial charge in [0.15, 0.2) is 5.78 Å². The summed E-state index contributed by atoms with van der Waals surface area (Å²) in [4.78, 5) is 64.6. The highest BCUT2D eigenvalue weighted by molar-refractivity contribution is 7.22. The molecule has 3 atom stereocenters. The van der Waals surface area contributed by atoms with Gasteiger partial charge >= 0.3 is 0 Å². The summed E-state index contributed by atoms with van der Waals surface area (Å²) in [6.07, 6.45) is 2.04. The molecule has 0 radical (unpaired) electrons. The average molecular weight is 988 g/mol. The number of amides is 3. The predicted octanol–water partition coefficient (Wildman–Crippen LogP) is 7.95. The van der Waals surface area contributed by atoms with Crippen molar-refractivity contribution in [3.63, 3.8) is 0 Å². The lowest BCUT2D eigenvalue weighted by atomic mass is 9.85. The number of nitrogens with one attached hydrogen (secondary N) is 2. The number of aliphatic hydroxyl groups excluding tert-OH is 1. The summed E-state index contributed by atoms with van der Waals surface area (Å²) in [6, 6.07) is 25.0. The van der Waals surface area contributed by atoms with Crippen molar-refractivity contribution in [2.24, 2.45) is 11.3 Å². The summed E-state index contributed by atoms with van der Waals surface area (Å²) >= 11 is 3.00. The molecule has 2 aliphatic rings. The molecule has 2 aliphatic heterocycles. The molecule has 14 nitrogen and oxygen atoms in total. The molecule has 2 aromatic heterocycles. The Bertz CT molecular complexity index is 2780. The molecule has 1 unspecified atom stereocenters. The number of hydrogen-bond acceptors (Lipinski definition) is 13. The van der Waals surface area contributed by atoms with Crippen molar-refractivity contribution in [1.29, 1.82) is 0 Å². The number of carbonyl (C=O) groups excluding carboxylic acids is 4. The van der Waals surface area contributed by atoms with Crippen molar-refractivity contribution in [1.82, 2.24) is 25.4 Å². The number of benzene rings is 4. The van der Waals surface area contributed by atoms with Crippen LogP contribution in [0.1, 0.15) is 73.6 Å². The number of carbonyl (C=O) groups is 4. The maximum Gasteiger partial charge on any atom is 0.246 e. The maximum absolute atomic E-state index is 14.0. The van der Waals surface area contributed by atoms with Crippen LogP contribution in [0.25, 0.3) is 31.0 Å². The van der Waals surface area contributed by atoms with Gasteiger partial charge in [0.25, 0.3) is 0 Å². The third-order valence-electron chi connectivity index (χ3n) is 13.1. The van der Waals surface area contributed by atoms with Crippen LogP contribution < -0.4 is 15.4 Å². The number of nitrogens with zero attached hydrogens (tertiary/aromatic N) is 3. The first-order chi connectivity index (χ1) is 33.6. The number of hydrogen-bond donors (Lipinski definition) is 5. The molecule has 368 valence electrons. The third kappa shape index (κ3) is 12.2. The fraction of sp³-hybridized carbons (Fsp3) is 0.389. The molecule has 16 heteroatoms. The minimum atomic E-state index is -0.939. The molecule has 3 amide bonds. The Kier molecular flexibility index (Phi) is 16.0. The molecule has 2 saturated heterocycles. The second-order valence-corrected chi connectivity index (χ2v) is 21.2. The quantitative estimate of drug-likeness (QED) is 0.0415. The Labute approximate surface area is 416 Å². The topological polar surface area (TPSA) is 191 Å². The van der Waals surface area contributed by atoms with E-state index in [-0.39, 0.29) is 49.3 Å². The van der Waals surface area contributed by atoms with Crippen molar-refractivity contribution in [3.05, 3.63) is 119 Å². The number of phenols is 2. The van der Waals surface area contributed by atoms with Gasteiger partial charge in [0, 0.05) is 58.8 Å². The predicted molar refractivity (Wildman–Crippen MR) is 272 cm³/mol. The number of thiazole rings is 1. The Balaban J connectivity index is 0.742. The standard InChI is InChI=1S/C54H61N5O9S2/c1-33-49(69-32-56-33)37-7-5-35(6-8-37)29-55-52(65)44-27-41(62)30-59(44)53(66)51(54(2,3)4)57-46(63)31-67-25-21-34-19-22-58(23-20-34)24-26-68-42-16-11-36(12-17-42)48(64)47-43-18-15-40(61)28-45(43)70-50(47)38-9-13-39(60)14-10-38/h5-18,28,32,34,41,44,51,60-62H,19-27,29-31H2,1-4H3,(H,55,65)(H,57,63)/t41-,44+,51?/m1/s1. The number of fused-ring (bicyclic) bond motifs is 1. The van der Waals surface area contributed by atoms with Crippen LogP contribution in [0.2, 0.25) is 0 Å². The summed E-state index contributed by atoms with van der Waals surface area (Å²) in [6.45, 7) is 11.1. The van der Waals surface area contributed by atoms with Crippen LogP contribution in [0.3, 0.4) is 0 Å². The second-order valence-electron chi connectivity index (χ2n) is 19.3. The molecule has 70 heavy (non-hydrogen) atoms. The number of ether oxygens (including phenoxy) is 2. The first-order valence-electron chi connectivity index (χ1n) is 23.8. The van der Waals surface area contributed by atoms with Crippen molar-refractivity contribution < 1.29 is 44.0 Å². The zero-order valence-electron chi connectivity index (χ0n) is 40.0. The Hall–Kier alpha value is -6.17. The second kappa shape index (κ2) is 22.3. The van der Waals surface area contributed by atoms with Gasteiger partial charge in [-0.1, -0.05) is 45.0 Å². The van der Waals surface area contributed by atoms with Gasteiger partial charge in [0.1, 0.15) is 42.5 Å². The minimum absolute atomic E-state index is 0.00318. The van der Waals surface area contributed by atoms with E-state index in [0.717, 1.165) is 81.1 Å². The van der Waals surface area contributed by atoms with Gasteiger partial charge in [-0.05, 0) is 134 Å². The first kappa shape index (κ1) is 50.2. The molecule has 0 spiro atoms. The van der Waals surface area contributed by atoms with Crippen LogP contribution >= 0.6 is 22.7 Å². The molecule has 2 fully saturated rings. The lowest BCUT2D eigenvalue weighted by Gasteiger charge is -2.35. The van der Waals surface area contributed by atoms with Crippen molar-refractivity contribution >= 4 is 56.3 Å². The SMILES string of the molecule is Cc1ncsc1-c1ccc(CNC(=O)[C@@H]2C[C@@H](O)CN2C(=O)C(NC(=O)COCCC2CCN(CCOc3ccc(C(=O)c4c(-c5ccc(O)cc5)sc5cc(O)ccc45)cc3)CC2)C(C)(C)C)cc1. The number of likely N-dealkylation sites (tertiary alicyclic amines) is 2. The number of aryl methyl sites for hydroxylation is 1.